The van der Waals surface area contributed by atoms with Gasteiger partial charge in [0.25, 0.3) is 0 Å². The number of nitrogens with zero attached hydrogens (tertiary/aromatic N) is 1. The Morgan fingerprint density at radius 2 is 2.04 bits per heavy atom. The van der Waals surface area contributed by atoms with Crippen molar-refractivity contribution in [3.05, 3.63) is 63.7 Å². The fourth-order valence-electron chi connectivity index (χ4n) is 3.78. The zero-order valence-corrected chi connectivity index (χ0v) is 15.9. The number of carbonyl (C=O) groups excluding carboxylic acids is 1. The van der Waals surface area contributed by atoms with Crippen LogP contribution < -0.4 is 5.32 Å². The summed E-state index contributed by atoms with van der Waals surface area (Å²) >= 11 is 6.30. The average molecular weight is 357 g/mol. The van der Waals surface area contributed by atoms with E-state index in [1.807, 2.05) is 33.0 Å². The highest BCUT2D eigenvalue weighted by atomic mass is 35.5. The van der Waals surface area contributed by atoms with Gasteiger partial charge in [0.15, 0.2) is 0 Å². The van der Waals surface area contributed by atoms with E-state index in [0.29, 0.717) is 17.6 Å². The molecule has 0 spiro atoms. The highest BCUT2D eigenvalue weighted by Gasteiger charge is 2.24. The predicted molar refractivity (Wildman–Crippen MR) is 104 cm³/mol. The van der Waals surface area contributed by atoms with Gasteiger partial charge in [0, 0.05) is 6.04 Å². The van der Waals surface area contributed by atoms with Crippen LogP contribution in [0.15, 0.2) is 36.4 Å². The summed E-state index contributed by atoms with van der Waals surface area (Å²) in [5.74, 6) is -0.0283. The molecular formula is C21H25ClN2O. The van der Waals surface area contributed by atoms with Crippen molar-refractivity contribution in [2.45, 2.75) is 39.2 Å². The van der Waals surface area contributed by atoms with Gasteiger partial charge in [-0.3, -0.25) is 9.69 Å². The lowest BCUT2D eigenvalue weighted by Gasteiger charge is -2.33. The number of nitrogens with one attached hydrogen (secondary N) is 1. The van der Waals surface area contributed by atoms with Gasteiger partial charge >= 0.3 is 0 Å². The van der Waals surface area contributed by atoms with Crippen LogP contribution in [0.3, 0.4) is 0 Å². The smallest absolute Gasteiger partial charge is 0.238 e. The zero-order valence-electron chi connectivity index (χ0n) is 15.1. The first-order chi connectivity index (χ1) is 12.0. The van der Waals surface area contributed by atoms with Crippen molar-refractivity contribution < 1.29 is 4.79 Å². The second kappa shape index (κ2) is 7.59. The van der Waals surface area contributed by atoms with Crippen LogP contribution in [0.1, 0.15) is 41.1 Å². The monoisotopic (exact) mass is 356 g/mol. The van der Waals surface area contributed by atoms with Crippen LogP contribution in [0.2, 0.25) is 5.02 Å². The lowest BCUT2D eigenvalue weighted by molar-refractivity contribution is -0.117. The Hall–Kier alpha value is -1.84. The van der Waals surface area contributed by atoms with Crippen molar-refractivity contribution in [1.82, 2.24) is 4.90 Å². The number of hydrogen-bond donors (Lipinski definition) is 1. The van der Waals surface area contributed by atoms with Gasteiger partial charge in [-0.05, 0) is 68.5 Å². The van der Waals surface area contributed by atoms with Crippen LogP contribution in [-0.2, 0) is 11.2 Å². The van der Waals surface area contributed by atoms with E-state index < -0.39 is 0 Å². The molecule has 2 aromatic carbocycles. The minimum atomic E-state index is -0.0283. The van der Waals surface area contributed by atoms with E-state index in [9.17, 15) is 4.79 Å². The second-order valence-electron chi connectivity index (χ2n) is 7.01. The SMILES string of the molecule is Cc1cc(C)c(NC(=O)CN(C)[C@H]2CCCc3ccccc32)c(Cl)c1. The molecule has 0 bridgehead atoms. The molecule has 0 unspecified atom stereocenters. The molecular weight excluding hydrogens is 332 g/mol. The molecule has 0 saturated heterocycles. The Morgan fingerprint density at radius 3 is 2.80 bits per heavy atom. The van der Waals surface area contributed by atoms with Gasteiger partial charge in [-0.15, -0.1) is 0 Å². The first kappa shape index (κ1) is 18.0. The summed E-state index contributed by atoms with van der Waals surface area (Å²) in [5, 5.41) is 3.58. The maximum atomic E-state index is 12.6. The number of benzene rings is 2. The van der Waals surface area contributed by atoms with E-state index >= 15 is 0 Å². The third-order valence-electron chi connectivity index (χ3n) is 4.96. The summed E-state index contributed by atoms with van der Waals surface area (Å²) in [6, 6.07) is 12.8. The molecule has 4 heteroatoms. The molecule has 1 amide bonds. The summed E-state index contributed by atoms with van der Waals surface area (Å²) in [4.78, 5) is 14.7. The molecule has 1 atom stereocenters. The van der Waals surface area contributed by atoms with Crippen LogP contribution in [0.5, 0.6) is 0 Å². The third kappa shape index (κ3) is 4.05. The molecule has 2 aromatic rings. The second-order valence-corrected chi connectivity index (χ2v) is 7.42. The highest BCUT2D eigenvalue weighted by Crippen LogP contribution is 2.33. The van der Waals surface area contributed by atoms with Gasteiger partial charge in [-0.1, -0.05) is 41.9 Å². The van der Waals surface area contributed by atoms with E-state index in [0.717, 1.165) is 36.1 Å². The fraction of sp³-hybridized carbons (Fsp3) is 0.381. The van der Waals surface area contributed by atoms with Crippen molar-refractivity contribution in [2.75, 3.05) is 18.9 Å². The van der Waals surface area contributed by atoms with E-state index in [-0.39, 0.29) is 5.91 Å². The number of rotatable bonds is 4. The molecule has 0 heterocycles. The summed E-state index contributed by atoms with van der Waals surface area (Å²) in [6.07, 6.45) is 3.38. The molecule has 0 radical (unpaired) electrons. The van der Waals surface area contributed by atoms with Crippen LogP contribution in [0.25, 0.3) is 0 Å². The van der Waals surface area contributed by atoms with Crippen molar-refractivity contribution in [1.29, 1.82) is 0 Å². The summed E-state index contributed by atoms with van der Waals surface area (Å²) in [6.45, 7) is 4.32. The summed E-state index contributed by atoms with van der Waals surface area (Å²) < 4.78 is 0. The molecule has 3 rings (SSSR count). The minimum Gasteiger partial charge on any atom is -0.323 e. The van der Waals surface area contributed by atoms with Crippen LogP contribution in [0.4, 0.5) is 5.69 Å². The number of likely N-dealkylation sites (N-methyl/N-ethyl adjacent to an activating group) is 1. The first-order valence-electron chi connectivity index (χ1n) is 8.80. The van der Waals surface area contributed by atoms with Gasteiger partial charge in [-0.2, -0.15) is 0 Å². The van der Waals surface area contributed by atoms with E-state index in [2.05, 4.69) is 34.5 Å². The standard InChI is InChI=1S/C21H25ClN2O/c1-14-11-15(2)21(18(22)12-14)23-20(25)13-24(3)19-10-6-8-16-7-4-5-9-17(16)19/h4-5,7,9,11-12,19H,6,8,10,13H2,1-3H3,(H,23,25)/t19-/m0/s1. The minimum absolute atomic E-state index is 0.0283. The number of amides is 1. The van der Waals surface area contributed by atoms with Crippen molar-refractivity contribution in [3.8, 4) is 0 Å². The van der Waals surface area contributed by atoms with Crippen molar-refractivity contribution in [3.63, 3.8) is 0 Å². The number of fused-ring (bicyclic) bond motifs is 1. The van der Waals surface area contributed by atoms with Gasteiger partial charge in [0.05, 0.1) is 17.3 Å². The normalized spacial score (nSPS) is 16.6. The third-order valence-corrected chi connectivity index (χ3v) is 5.26. The molecule has 0 aromatic heterocycles. The number of halogens is 1. The van der Waals surface area contributed by atoms with Gasteiger partial charge in [0.1, 0.15) is 0 Å². The van der Waals surface area contributed by atoms with Crippen LogP contribution in [0, 0.1) is 13.8 Å². The van der Waals surface area contributed by atoms with Crippen LogP contribution in [-0.4, -0.2) is 24.4 Å². The zero-order chi connectivity index (χ0) is 18.0. The maximum absolute atomic E-state index is 12.6. The Balaban J connectivity index is 1.70. The average Bonchev–Trinajstić information content (AvgIpc) is 2.57. The Morgan fingerprint density at radius 1 is 1.28 bits per heavy atom. The molecule has 0 saturated carbocycles. The Kier molecular flexibility index (Phi) is 5.45. The highest BCUT2D eigenvalue weighted by molar-refractivity contribution is 6.34. The van der Waals surface area contributed by atoms with E-state index in [1.165, 1.54) is 11.1 Å². The number of aryl methyl sites for hydroxylation is 3. The fourth-order valence-corrected chi connectivity index (χ4v) is 4.14. The molecule has 132 valence electrons. The quantitative estimate of drug-likeness (QED) is 0.844. The number of hydrogen-bond acceptors (Lipinski definition) is 2. The molecule has 0 fully saturated rings. The molecule has 3 nitrogen and oxygen atoms in total. The molecule has 1 aliphatic carbocycles. The van der Waals surface area contributed by atoms with E-state index in [1.54, 1.807) is 0 Å². The largest absolute Gasteiger partial charge is 0.323 e. The topological polar surface area (TPSA) is 32.3 Å². The van der Waals surface area contributed by atoms with E-state index in [4.69, 9.17) is 11.6 Å². The predicted octanol–water partition coefficient (Wildman–Crippen LogP) is 4.90. The summed E-state index contributed by atoms with van der Waals surface area (Å²) in [5.41, 5.74) is 5.56. The van der Waals surface area contributed by atoms with Crippen LogP contribution >= 0.6 is 11.6 Å². The Bertz CT molecular complexity index is 764. The van der Waals surface area contributed by atoms with Crippen molar-refractivity contribution in [2.24, 2.45) is 0 Å². The lowest BCUT2D eigenvalue weighted by Crippen LogP contribution is -2.35. The van der Waals surface area contributed by atoms with Gasteiger partial charge in [0.2, 0.25) is 5.91 Å². The first-order valence-corrected chi connectivity index (χ1v) is 9.18. The number of anilines is 1. The molecule has 1 N–H and O–H groups in total. The van der Waals surface area contributed by atoms with Gasteiger partial charge in [-0.25, -0.2) is 0 Å². The summed E-state index contributed by atoms with van der Waals surface area (Å²) in [7, 11) is 2.02. The van der Waals surface area contributed by atoms with Crippen molar-refractivity contribution >= 4 is 23.2 Å². The van der Waals surface area contributed by atoms with Gasteiger partial charge < -0.3 is 5.32 Å². The number of carbonyl (C=O) groups is 1. The molecule has 0 aliphatic heterocycles. The maximum Gasteiger partial charge on any atom is 0.238 e. The molecule has 25 heavy (non-hydrogen) atoms. The lowest BCUT2D eigenvalue weighted by atomic mass is 9.87. The molecule has 1 aliphatic rings. The Labute approximate surface area is 155 Å².